The van der Waals surface area contributed by atoms with Gasteiger partial charge in [0.2, 0.25) is 0 Å². The van der Waals surface area contributed by atoms with Crippen molar-refractivity contribution >= 4 is 18.5 Å². The molecule has 0 spiro atoms. The molecule has 1 amide bonds. The maximum Gasteiger partial charge on any atom is 0.432 e. The maximum atomic E-state index is 10.8. The van der Waals surface area contributed by atoms with Crippen LogP contribution in [0, 0.1) is 0 Å². The van der Waals surface area contributed by atoms with Crippen LogP contribution in [0.25, 0.3) is 0 Å². The first-order valence-corrected chi connectivity index (χ1v) is 5.27. The van der Waals surface area contributed by atoms with E-state index in [0.717, 1.165) is 24.3 Å². The monoisotopic (exact) mass is 220 g/mol. The molecule has 86 valence electrons. The van der Waals surface area contributed by atoms with Crippen molar-refractivity contribution in [1.82, 2.24) is 0 Å². The lowest BCUT2D eigenvalue weighted by molar-refractivity contribution is 0.202. The molecule has 4 heteroatoms. The predicted molar refractivity (Wildman–Crippen MR) is 65.1 cm³/mol. The number of hydrazone groups is 1. The minimum absolute atomic E-state index is 0.516. The Kier molecular flexibility index (Phi) is 4.51. The van der Waals surface area contributed by atoms with E-state index in [4.69, 9.17) is 5.11 Å². The molecular weight excluding hydrogens is 204 g/mol. The zero-order valence-corrected chi connectivity index (χ0v) is 9.39. The van der Waals surface area contributed by atoms with E-state index in [-0.39, 0.29) is 0 Å². The van der Waals surface area contributed by atoms with Gasteiger partial charge in [0.25, 0.3) is 0 Å². The van der Waals surface area contributed by atoms with Gasteiger partial charge in [-0.15, -0.1) is 0 Å². The standard InChI is InChI=1S/C12H16N2O2/c1-3-4-5-10-6-8-11(9-7-10)14(13-2)12(15)16/h6-9H,2-5H2,1H3,(H,15,16). The van der Waals surface area contributed by atoms with Crippen LogP contribution in [-0.4, -0.2) is 17.9 Å². The summed E-state index contributed by atoms with van der Waals surface area (Å²) in [5, 5.41) is 13.1. The summed E-state index contributed by atoms with van der Waals surface area (Å²) in [5.41, 5.74) is 1.72. The van der Waals surface area contributed by atoms with E-state index in [9.17, 15) is 4.79 Å². The Labute approximate surface area is 95.2 Å². The van der Waals surface area contributed by atoms with Crippen LogP contribution in [0.5, 0.6) is 0 Å². The molecule has 0 fully saturated rings. The van der Waals surface area contributed by atoms with E-state index in [1.165, 1.54) is 5.56 Å². The molecule has 0 unspecified atom stereocenters. The topological polar surface area (TPSA) is 52.9 Å². The fourth-order valence-electron chi connectivity index (χ4n) is 1.44. The first-order chi connectivity index (χ1) is 7.69. The van der Waals surface area contributed by atoms with Crippen LogP contribution in [-0.2, 0) is 6.42 Å². The summed E-state index contributed by atoms with van der Waals surface area (Å²) in [6.45, 7) is 5.37. The molecule has 0 atom stereocenters. The third-order valence-electron chi connectivity index (χ3n) is 2.32. The number of hydrogen-bond donors (Lipinski definition) is 1. The predicted octanol–water partition coefficient (Wildman–Crippen LogP) is 3.13. The van der Waals surface area contributed by atoms with E-state index < -0.39 is 6.09 Å². The Morgan fingerprint density at radius 1 is 1.44 bits per heavy atom. The van der Waals surface area contributed by atoms with Gasteiger partial charge in [0.15, 0.2) is 0 Å². The molecule has 0 radical (unpaired) electrons. The second-order valence-corrected chi connectivity index (χ2v) is 3.51. The molecule has 0 heterocycles. The first-order valence-electron chi connectivity index (χ1n) is 5.27. The number of benzene rings is 1. The number of hydrogen-bond acceptors (Lipinski definition) is 2. The van der Waals surface area contributed by atoms with Crippen LogP contribution in [0.4, 0.5) is 10.5 Å². The summed E-state index contributed by atoms with van der Waals surface area (Å²) < 4.78 is 0. The van der Waals surface area contributed by atoms with Gasteiger partial charge < -0.3 is 5.11 Å². The third-order valence-corrected chi connectivity index (χ3v) is 2.32. The fourth-order valence-corrected chi connectivity index (χ4v) is 1.44. The lowest BCUT2D eigenvalue weighted by atomic mass is 10.1. The van der Waals surface area contributed by atoms with Crippen molar-refractivity contribution in [2.75, 3.05) is 5.01 Å². The summed E-state index contributed by atoms with van der Waals surface area (Å²) in [4.78, 5) is 10.8. The Bertz CT molecular complexity index is 360. The largest absolute Gasteiger partial charge is 0.463 e. The second-order valence-electron chi connectivity index (χ2n) is 3.51. The molecule has 4 nitrogen and oxygen atoms in total. The third kappa shape index (κ3) is 3.08. The number of carboxylic acid groups (broad SMARTS) is 1. The Morgan fingerprint density at radius 2 is 2.06 bits per heavy atom. The lowest BCUT2D eigenvalue weighted by Crippen LogP contribution is -2.22. The second kappa shape index (κ2) is 5.90. The molecule has 0 bridgehead atoms. The smallest absolute Gasteiger partial charge is 0.432 e. The Balaban J connectivity index is 2.77. The van der Waals surface area contributed by atoms with E-state index in [0.29, 0.717) is 5.69 Å². The Morgan fingerprint density at radius 3 is 2.50 bits per heavy atom. The number of aryl methyl sites for hydroxylation is 1. The van der Waals surface area contributed by atoms with Crippen molar-refractivity contribution in [2.45, 2.75) is 26.2 Å². The van der Waals surface area contributed by atoms with Crippen molar-refractivity contribution in [3.8, 4) is 0 Å². The van der Waals surface area contributed by atoms with Gasteiger partial charge in [0, 0.05) is 6.72 Å². The van der Waals surface area contributed by atoms with Crippen molar-refractivity contribution in [3.05, 3.63) is 29.8 Å². The van der Waals surface area contributed by atoms with Gasteiger partial charge in [-0.2, -0.15) is 10.1 Å². The van der Waals surface area contributed by atoms with Gasteiger partial charge in [-0.05, 0) is 30.5 Å². The number of anilines is 1. The Hall–Kier alpha value is -1.84. The molecule has 0 aliphatic carbocycles. The van der Waals surface area contributed by atoms with E-state index in [1.807, 2.05) is 12.1 Å². The highest BCUT2D eigenvalue weighted by atomic mass is 16.4. The molecule has 0 saturated carbocycles. The number of unbranched alkanes of at least 4 members (excludes halogenated alkanes) is 1. The van der Waals surface area contributed by atoms with E-state index >= 15 is 0 Å². The van der Waals surface area contributed by atoms with Gasteiger partial charge in [0.1, 0.15) is 0 Å². The highest BCUT2D eigenvalue weighted by Crippen LogP contribution is 2.16. The molecule has 1 aromatic carbocycles. The van der Waals surface area contributed by atoms with E-state index in [2.05, 4.69) is 18.7 Å². The fraction of sp³-hybridized carbons (Fsp3) is 0.333. The number of rotatable bonds is 5. The normalized spacial score (nSPS) is 9.81. The molecule has 0 saturated heterocycles. The summed E-state index contributed by atoms with van der Waals surface area (Å²) >= 11 is 0. The first kappa shape index (κ1) is 12.2. The highest BCUT2D eigenvalue weighted by molar-refractivity contribution is 5.85. The molecule has 0 aromatic heterocycles. The molecule has 1 aromatic rings. The van der Waals surface area contributed by atoms with Crippen molar-refractivity contribution in [1.29, 1.82) is 0 Å². The number of nitrogens with zero attached hydrogens (tertiary/aromatic N) is 2. The van der Waals surface area contributed by atoms with Crippen molar-refractivity contribution in [3.63, 3.8) is 0 Å². The minimum atomic E-state index is -1.13. The zero-order chi connectivity index (χ0) is 12.0. The van der Waals surface area contributed by atoms with E-state index in [1.54, 1.807) is 12.1 Å². The molecular formula is C12H16N2O2. The van der Waals surface area contributed by atoms with Crippen molar-refractivity contribution < 1.29 is 9.90 Å². The summed E-state index contributed by atoms with van der Waals surface area (Å²) in [7, 11) is 0. The lowest BCUT2D eigenvalue weighted by Gasteiger charge is -2.12. The SMILES string of the molecule is C=NN(C(=O)O)c1ccc(CCCC)cc1. The summed E-state index contributed by atoms with van der Waals surface area (Å²) in [6.07, 6.45) is 2.18. The highest BCUT2D eigenvalue weighted by Gasteiger charge is 2.11. The number of amides is 1. The average Bonchev–Trinajstić information content (AvgIpc) is 2.28. The van der Waals surface area contributed by atoms with Crippen LogP contribution < -0.4 is 5.01 Å². The molecule has 1 rings (SSSR count). The van der Waals surface area contributed by atoms with Gasteiger partial charge in [-0.25, -0.2) is 4.79 Å². The molecule has 1 N–H and O–H groups in total. The van der Waals surface area contributed by atoms with Crippen LogP contribution in [0.3, 0.4) is 0 Å². The minimum Gasteiger partial charge on any atom is -0.463 e. The van der Waals surface area contributed by atoms with Crippen molar-refractivity contribution in [2.24, 2.45) is 5.10 Å². The molecule has 0 aliphatic heterocycles. The van der Waals surface area contributed by atoms with Gasteiger partial charge in [0.05, 0.1) is 5.69 Å². The van der Waals surface area contributed by atoms with Crippen LogP contribution >= 0.6 is 0 Å². The van der Waals surface area contributed by atoms with Gasteiger partial charge in [-0.3, -0.25) is 0 Å². The van der Waals surface area contributed by atoms with Crippen LogP contribution in [0.1, 0.15) is 25.3 Å². The molecule has 16 heavy (non-hydrogen) atoms. The average molecular weight is 220 g/mol. The van der Waals surface area contributed by atoms with Gasteiger partial charge >= 0.3 is 6.09 Å². The van der Waals surface area contributed by atoms with Crippen LogP contribution in [0.15, 0.2) is 29.4 Å². The summed E-state index contributed by atoms with van der Waals surface area (Å²) in [5.74, 6) is 0. The summed E-state index contributed by atoms with van der Waals surface area (Å²) in [6, 6.07) is 7.33. The van der Waals surface area contributed by atoms with Crippen LogP contribution in [0.2, 0.25) is 0 Å². The zero-order valence-electron chi connectivity index (χ0n) is 9.39. The van der Waals surface area contributed by atoms with Gasteiger partial charge in [-0.1, -0.05) is 25.5 Å². The maximum absolute atomic E-state index is 10.8. The molecule has 0 aliphatic rings. The quantitative estimate of drug-likeness (QED) is 0.612. The number of carbonyl (C=O) groups is 1.